The van der Waals surface area contributed by atoms with Gasteiger partial charge in [0.15, 0.2) is 0 Å². The van der Waals surface area contributed by atoms with Gasteiger partial charge in [0.05, 0.1) is 6.20 Å². The van der Waals surface area contributed by atoms with Crippen LogP contribution in [-0.4, -0.2) is 15.0 Å². The first-order valence-corrected chi connectivity index (χ1v) is 6.86. The molecule has 21 heavy (non-hydrogen) atoms. The number of aromatic nitrogens is 3. The van der Waals surface area contributed by atoms with Gasteiger partial charge in [-0.25, -0.2) is 4.98 Å². The second kappa shape index (κ2) is 6.13. The normalized spacial score (nSPS) is 11.9. The van der Waals surface area contributed by atoms with Crippen molar-refractivity contribution in [1.82, 2.24) is 15.0 Å². The van der Waals surface area contributed by atoms with Crippen molar-refractivity contribution in [3.63, 3.8) is 0 Å². The molecule has 1 aromatic carbocycles. The third kappa shape index (κ3) is 3.23. The van der Waals surface area contributed by atoms with E-state index in [4.69, 9.17) is 0 Å². The Bertz CT molecular complexity index is 681. The predicted octanol–water partition coefficient (Wildman–Crippen LogP) is 3.71. The monoisotopic (exact) mass is 276 g/mol. The van der Waals surface area contributed by atoms with Gasteiger partial charge in [-0.15, -0.1) is 0 Å². The number of hydrogen-bond donors (Lipinski definition) is 1. The van der Waals surface area contributed by atoms with Crippen molar-refractivity contribution < 1.29 is 0 Å². The summed E-state index contributed by atoms with van der Waals surface area (Å²) >= 11 is 0. The molecule has 104 valence electrons. The van der Waals surface area contributed by atoms with Gasteiger partial charge in [-0.3, -0.25) is 9.97 Å². The molecule has 2 heterocycles. The van der Waals surface area contributed by atoms with E-state index in [0.29, 0.717) is 0 Å². The van der Waals surface area contributed by atoms with Crippen molar-refractivity contribution in [3.05, 3.63) is 72.9 Å². The fraction of sp³-hybridized carbons (Fsp3) is 0.118. The lowest BCUT2D eigenvalue weighted by Gasteiger charge is -2.15. The number of pyridine rings is 1. The standard InChI is InChI=1S/C17H16N4/c1-13(21-17-12-19-9-10-20-17)14-4-6-15(7-5-14)16-3-2-8-18-11-16/h2-13H,1H3,(H,20,21)/t13-/m1/s1. The highest BCUT2D eigenvalue weighted by Crippen LogP contribution is 2.22. The van der Waals surface area contributed by atoms with Gasteiger partial charge in [0.2, 0.25) is 0 Å². The van der Waals surface area contributed by atoms with Gasteiger partial charge >= 0.3 is 0 Å². The van der Waals surface area contributed by atoms with Gasteiger partial charge in [0, 0.05) is 30.8 Å². The zero-order valence-electron chi connectivity index (χ0n) is 11.8. The zero-order chi connectivity index (χ0) is 14.5. The first-order chi connectivity index (χ1) is 10.3. The predicted molar refractivity (Wildman–Crippen MR) is 83.7 cm³/mol. The van der Waals surface area contributed by atoms with E-state index in [1.165, 1.54) is 11.1 Å². The van der Waals surface area contributed by atoms with E-state index in [1.807, 2.05) is 12.3 Å². The molecule has 0 unspecified atom stereocenters. The van der Waals surface area contributed by atoms with Crippen molar-refractivity contribution in [1.29, 1.82) is 0 Å². The average Bonchev–Trinajstić information content (AvgIpc) is 2.57. The van der Waals surface area contributed by atoms with Crippen LogP contribution in [0.1, 0.15) is 18.5 Å². The van der Waals surface area contributed by atoms with Crippen LogP contribution >= 0.6 is 0 Å². The third-order valence-corrected chi connectivity index (χ3v) is 3.33. The molecule has 0 saturated heterocycles. The smallest absolute Gasteiger partial charge is 0.144 e. The van der Waals surface area contributed by atoms with Crippen molar-refractivity contribution in [2.24, 2.45) is 0 Å². The van der Waals surface area contributed by atoms with E-state index >= 15 is 0 Å². The Kier molecular flexibility index (Phi) is 3.87. The Labute approximate surface area is 123 Å². The maximum Gasteiger partial charge on any atom is 0.144 e. The molecular formula is C17H16N4. The summed E-state index contributed by atoms with van der Waals surface area (Å²) in [5, 5.41) is 3.33. The number of benzene rings is 1. The highest BCUT2D eigenvalue weighted by atomic mass is 15.0. The molecule has 4 heteroatoms. The Morgan fingerprint density at radius 2 is 1.67 bits per heavy atom. The van der Waals surface area contributed by atoms with Crippen molar-refractivity contribution >= 4 is 5.82 Å². The Morgan fingerprint density at radius 3 is 2.33 bits per heavy atom. The highest BCUT2D eigenvalue weighted by molar-refractivity contribution is 5.62. The summed E-state index contributed by atoms with van der Waals surface area (Å²) in [6.45, 7) is 2.10. The molecule has 0 amide bonds. The maximum absolute atomic E-state index is 4.23. The summed E-state index contributed by atoms with van der Waals surface area (Å²) in [5.41, 5.74) is 3.49. The Balaban J connectivity index is 1.75. The minimum absolute atomic E-state index is 0.171. The number of hydrogen-bond acceptors (Lipinski definition) is 4. The molecule has 0 fully saturated rings. The second-order valence-corrected chi connectivity index (χ2v) is 4.82. The molecule has 0 saturated carbocycles. The van der Waals surface area contributed by atoms with Crippen LogP contribution in [0.4, 0.5) is 5.82 Å². The lowest BCUT2D eigenvalue weighted by Crippen LogP contribution is -2.07. The van der Waals surface area contributed by atoms with E-state index in [-0.39, 0.29) is 6.04 Å². The molecule has 0 spiro atoms. The van der Waals surface area contributed by atoms with Gasteiger partial charge in [-0.1, -0.05) is 30.3 Å². The lowest BCUT2D eigenvalue weighted by atomic mass is 10.0. The minimum Gasteiger partial charge on any atom is -0.362 e. The summed E-state index contributed by atoms with van der Waals surface area (Å²) in [4.78, 5) is 12.4. The fourth-order valence-corrected chi connectivity index (χ4v) is 2.18. The van der Waals surface area contributed by atoms with Crippen molar-refractivity contribution in [2.75, 3.05) is 5.32 Å². The van der Waals surface area contributed by atoms with Gasteiger partial charge in [0.25, 0.3) is 0 Å². The molecule has 4 nitrogen and oxygen atoms in total. The van der Waals surface area contributed by atoms with Gasteiger partial charge < -0.3 is 5.32 Å². The molecule has 0 aliphatic heterocycles. The van der Waals surface area contributed by atoms with Gasteiger partial charge in [-0.2, -0.15) is 0 Å². The van der Waals surface area contributed by atoms with Crippen molar-refractivity contribution in [2.45, 2.75) is 13.0 Å². The van der Waals surface area contributed by atoms with Crippen LogP contribution in [0, 0.1) is 0 Å². The molecule has 0 radical (unpaired) electrons. The second-order valence-electron chi connectivity index (χ2n) is 4.82. The van der Waals surface area contributed by atoms with Crippen LogP contribution < -0.4 is 5.32 Å². The summed E-state index contributed by atoms with van der Waals surface area (Å²) in [7, 11) is 0. The number of rotatable bonds is 4. The summed E-state index contributed by atoms with van der Waals surface area (Å²) in [5.74, 6) is 0.779. The van der Waals surface area contributed by atoms with Gasteiger partial charge in [0.1, 0.15) is 5.82 Å². The maximum atomic E-state index is 4.23. The zero-order valence-corrected chi connectivity index (χ0v) is 11.8. The largest absolute Gasteiger partial charge is 0.362 e. The van der Waals surface area contributed by atoms with Crippen LogP contribution in [0.3, 0.4) is 0 Å². The lowest BCUT2D eigenvalue weighted by molar-refractivity contribution is 0.871. The Morgan fingerprint density at radius 1 is 0.857 bits per heavy atom. The number of nitrogens with zero attached hydrogens (tertiary/aromatic N) is 3. The van der Waals surface area contributed by atoms with Gasteiger partial charge in [-0.05, 0) is 29.7 Å². The molecule has 0 aliphatic carbocycles. The molecule has 0 aliphatic rings. The molecule has 3 rings (SSSR count). The van der Waals surface area contributed by atoms with Crippen LogP contribution in [0.2, 0.25) is 0 Å². The number of nitrogens with one attached hydrogen (secondary N) is 1. The van der Waals surface area contributed by atoms with Crippen molar-refractivity contribution in [3.8, 4) is 11.1 Å². The van der Waals surface area contributed by atoms with E-state index in [1.54, 1.807) is 24.8 Å². The Hall–Kier alpha value is -2.75. The van der Waals surface area contributed by atoms with Crippen LogP contribution in [0.15, 0.2) is 67.4 Å². The summed E-state index contributed by atoms with van der Waals surface area (Å²) in [6, 6.07) is 12.6. The highest BCUT2D eigenvalue weighted by Gasteiger charge is 2.06. The van der Waals surface area contributed by atoms with E-state index in [2.05, 4.69) is 57.5 Å². The van der Waals surface area contributed by atoms with Crippen LogP contribution in [-0.2, 0) is 0 Å². The fourth-order valence-electron chi connectivity index (χ4n) is 2.18. The minimum atomic E-state index is 0.171. The topological polar surface area (TPSA) is 50.7 Å². The summed E-state index contributed by atoms with van der Waals surface area (Å²) in [6.07, 6.45) is 8.72. The molecule has 1 N–H and O–H groups in total. The first-order valence-electron chi connectivity index (χ1n) is 6.86. The van der Waals surface area contributed by atoms with Crippen LogP contribution in [0.25, 0.3) is 11.1 Å². The van der Waals surface area contributed by atoms with E-state index in [0.717, 1.165) is 11.4 Å². The molecule has 1 atom stereocenters. The molecule has 0 bridgehead atoms. The molecular weight excluding hydrogens is 260 g/mol. The third-order valence-electron chi connectivity index (χ3n) is 3.33. The van der Waals surface area contributed by atoms with E-state index in [9.17, 15) is 0 Å². The number of anilines is 1. The first kappa shape index (κ1) is 13.2. The molecule has 2 aromatic heterocycles. The molecule has 3 aromatic rings. The average molecular weight is 276 g/mol. The SMILES string of the molecule is C[C@@H](Nc1cnccn1)c1ccc(-c2cccnc2)cc1. The quantitative estimate of drug-likeness (QED) is 0.789. The van der Waals surface area contributed by atoms with Crippen LogP contribution in [0.5, 0.6) is 0 Å². The summed E-state index contributed by atoms with van der Waals surface area (Å²) < 4.78 is 0. The van der Waals surface area contributed by atoms with E-state index < -0.39 is 0 Å².